The van der Waals surface area contributed by atoms with Crippen LogP contribution in [-0.4, -0.2) is 66.9 Å². The van der Waals surface area contributed by atoms with Gasteiger partial charge in [-0.05, 0) is 57.5 Å². The van der Waals surface area contributed by atoms with Gasteiger partial charge in [0.05, 0.1) is 5.56 Å². The van der Waals surface area contributed by atoms with Crippen LogP contribution in [0.1, 0.15) is 36.8 Å². The Morgan fingerprint density at radius 1 is 1.21 bits per heavy atom. The molecule has 156 valence electrons. The Morgan fingerprint density at radius 2 is 2.00 bits per heavy atom. The molecule has 1 aromatic carbocycles. The first kappa shape index (κ1) is 21.1. The summed E-state index contributed by atoms with van der Waals surface area (Å²) in [5.41, 5.74) is 0.109. The molecule has 0 unspecified atom stereocenters. The number of fused-ring (bicyclic) bond motifs is 1. The number of carbonyl (C=O) groups is 1. The summed E-state index contributed by atoms with van der Waals surface area (Å²) in [4.78, 5) is 18.9. The van der Waals surface area contributed by atoms with E-state index in [1.165, 1.54) is 12.1 Å². The second-order valence-corrected chi connectivity index (χ2v) is 8.33. The van der Waals surface area contributed by atoms with Crippen LogP contribution in [0.5, 0.6) is 0 Å². The highest BCUT2D eigenvalue weighted by Crippen LogP contribution is 2.33. The van der Waals surface area contributed by atoms with E-state index in [0.29, 0.717) is 24.4 Å². The lowest BCUT2D eigenvalue weighted by atomic mass is 9.83. The van der Waals surface area contributed by atoms with E-state index in [-0.39, 0.29) is 11.9 Å². The minimum absolute atomic E-state index is 0.256. The topological polar surface area (TPSA) is 26.8 Å². The third-order valence-electron chi connectivity index (χ3n) is 5.89. The summed E-state index contributed by atoms with van der Waals surface area (Å²) in [5, 5.41) is 0. The van der Waals surface area contributed by atoms with Crippen molar-refractivity contribution in [2.45, 2.75) is 44.4 Å². The van der Waals surface area contributed by atoms with E-state index in [2.05, 4.69) is 14.7 Å². The molecule has 1 aromatic rings. The van der Waals surface area contributed by atoms with Crippen LogP contribution in [0.2, 0.25) is 0 Å². The molecule has 0 saturated carbocycles. The van der Waals surface area contributed by atoms with Crippen molar-refractivity contribution >= 4 is 5.91 Å². The van der Waals surface area contributed by atoms with Gasteiger partial charge in [0.15, 0.2) is 0 Å². The van der Waals surface area contributed by atoms with E-state index in [0.717, 1.165) is 51.5 Å². The fraction of sp³-hybridized carbons (Fsp3) is 0.667. The SMILES string of the molecule is CN(C)CCCN1C(=O)CC[C@@H]2CN(Cc3cccc(C(F)(F)F)c3)CC[C@@H]21. The highest BCUT2D eigenvalue weighted by Gasteiger charge is 2.39. The minimum atomic E-state index is -4.31. The molecule has 0 aliphatic carbocycles. The van der Waals surface area contributed by atoms with E-state index in [1.54, 1.807) is 6.07 Å². The molecule has 2 heterocycles. The third kappa shape index (κ3) is 5.26. The average molecular weight is 397 g/mol. The van der Waals surface area contributed by atoms with Crippen molar-refractivity contribution in [2.75, 3.05) is 40.3 Å². The standard InChI is InChI=1S/C21H30F3N3O/c1-25(2)10-4-11-27-19-9-12-26(15-17(19)7-8-20(27)28)14-16-5-3-6-18(13-16)21(22,23)24/h3,5-6,13,17,19H,4,7-12,14-15H2,1-2H3/t17-,19+/m1/s1. The summed E-state index contributed by atoms with van der Waals surface area (Å²) < 4.78 is 38.8. The number of hydrogen-bond donors (Lipinski definition) is 0. The Kier molecular flexibility index (Phi) is 6.65. The zero-order chi connectivity index (χ0) is 20.3. The number of rotatable bonds is 6. The number of hydrogen-bond acceptors (Lipinski definition) is 3. The summed E-state index contributed by atoms with van der Waals surface area (Å²) in [5.74, 6) is 0.669. The molecule has 0 bridgehead atoms. The highest BCUT2D eigenvalue weighted by molar-refractivity contribution is 5.77. The fourth-order valence-corrected chi connectivity index (χ4v) is 4.52. The fourth-order valence-electron chi connectivity index (χ4n) is 4.52. The molecule has 2 fully saturated rings. The van der Waals surface area contributed by atoms with Gasteiger partial charge in [-0.3, -0.25) is 9.69 Å². The first-order chi connectivity index (χ1) is 13.2. The smallest absolute Gasteiger partial charge is 0.339 e. The lowest BCUT2D eigenvalue weighted by Crippen LogP contribution is -2.56. The molecule has 2 aliphatic rings. The summed E-state index contributed by atoms with van der Waals surface area (Å²) in [6.07, 6.45) is -0.972. The van der Waals surface area contributed by atoms with Gasteiger partial charge >= 0.3 is 6.18 Å². The maximum Gasteiger partial charge on any atom is 0.416 e. The Balaban J connectivity index is 1.59. The van der Waals surface area contributed by atoms with Gasteiger partial charge in [-0.25, -0.2) is 0 Å². The first-order valence-corrected chi connectivity index (χ1v) is 10.1. The maximum atomic E-state index is 12.9. The van der Waals surface area contributed by atoms with Crippen LogP contribution in [0.4, 0.5) is 13.2 Å². The monoisotopic (exact) mass is 397 g/mol. The van der Waals surface area contributed by atoms with Crippen LogP contribution in [0.15, 0.2) is 24.3 Å². The number of likely N-dealkylation sites (tertiary alicyclic amines) is 2. The number of amides is 1. The molecule has 3 rings (SSSR count). The first-order valence-electron chi connectivity index (χ1n) is 10.1. The summed E-state index contributed by atoms with van der Waals surface area (Å²) >= 11 is 0. The zero-order valence-corrected chi connectivity index (χ0v) is 16.7. The minimum Gasteiger partial charge on any atom is -0.339 e. The van der Waals surface area contributed by atoms with Crippen LogP contribution in [0.25, 0.3) is 0 Å². The molecule has 0 N–H and O–H groups in total. The van der Waals surface area contributed by atoms with Crippen molar-refractivity contribution in [2.24, 2.45) is 5.92 Å². The summed E-state index contributed by atoms with van der Waals surface area (Å²) in [6, 6.07) is 5.90. The van der Waals surface area contributed by atoms with Crippen molar-refractivity contribution in [1.82, 2.24) is 14.7 Å². The van der Waals surface area contributed by atoms with Gasteiger partial charge in [0, 0.05) is 38.6 Å². The van der Waals surface area contributed by atoms with Crippen LogP contribution in [-0.2, 0) is 17.5 Å². The normalized spacial score (nSPS) is 23.9. The van der Waals surface area contributed by atoms with Gasteiger partial charge in [0.2, 0.25) is 5.91 Å². The summed E-state index contributed by atoms with van der Waals surface area (Å²) in [6.45, 7) is 3.95. The molecule has 1 amide bonds. The van der Waals surface area contributed by atoms with Gasteiger partial charge in [0.25, 0.3) is 0 Å². The van der Waals surface area contributed by atoms with Gasteiger partial charge in [0.1, 0.15) is 0 Å². The number of benzene rings is 1. The quantitative estimate of drug-likeness (QED) is 0.736. The van der Waals surface area contributed by atoms with Crippen LogP contribution < -0.4 is 0 Å². The van der Waals surface area contributed by atoms with Gasteiger partial charge in [-0.1, -0.05) is 18.2 Å². The van der Waals surface area contributed by atoms with E-state index in [4.69, 9.17) is 0 Å². The maximum absolute atomic E-state index is 12.9. The van der Waals surface area contributed by atoms with Crippen molar-refractivity contribution in [3.8, 4) is 0 Å². The van der Waals surface area contributed by atoms with Gasteiger partial charge in [-0.2, -0.15) is 13.2 Å². The average Bonchev–Trinajstić information content (AvgIpc) is 2.63. The molecule has 4 nitrogen and oxygen atoms in total. The van der Waals surface area contributed by atoms with Crippen molar-refractivity contribution < 1.29 is 18.0 Å². The second kappa shape index (κ2) is 8.82. The number of carbonyl (C=O) groups excluding carboxylic acids is 1. The molecule has 0 spiro atoms. The molecule has 0 aromatic heterocycles. The van der Waals surface area contributed by atoms with Crippen molar-refractivity contribution in [3.63, 3.8) is 0 Å². The number of halogens is 3. The van der Waals surface area contributed by atoms with Crippen LogP contribution >= 0.6 is 0 Å². The molecule has 0 radical (unpaired) electrons. The Morgan fingerprint density at radius 3 is 2.71 bits per heavy atom. The zero-order valence-electron chi connectivity index (χ0n) is 16.7. The predicted molar refractivity (Wildman–Crippen MR) is 103 cm³/mol. The number of nitrogens with zero attached hydrogens (tertiary/aromatic N) is 3. The van der Waals surface area contributed by atoms with Crippen molar-refractivity contribution in [1.29, 1.82) is 0 Å². The lowest BCUT2D eigenvalue weighted by Gasteiger charge is -2.47. The number of piperidine rings is 2. The second-order valence-electron chi connectivity index (χ2n) is 8.33. The molecular formula is C21H30F3N3O. The van der Waals surface area contributed by atoms with Crippen LogP contribution in [0.3, 0.4) is 0 Å². The van der Waals surface area contributed by atoms with E-state index in [1.807, 2.05) is 14.1 Å². The molecule has 2 atom stereocenters. The molecule has 28 heavy (non-hydrogen) atoms. The van der Waals surface area contributed by atoms with E-state index >= 15 is 0 Å². The lowest BCUT2D eigenvalue weighted by molar-refractivity contribution is -0.141. The molecule has 7 heteroatoms. The number of alkyl halides is 3. The third-order valence-corrected chi connectivity index (χ3v) is 5.89. The Labute approximate surface area is 165 Å². The Hall–Kier alpha value is -1.60. The van der Waals surface area contributed by atoms with E-state index in [9.17, 15) is 18.0 Å². The van der Waals surface area contributed by atoms with Gasteiger partial charge in [-0.15, -0.1) is 0 Å². The largest absolute Gasteiger partial charge is 0.416 e. The molecular weight excluding hydrogens is 367 g/mol. The highest BCUT2D eigenvalue weighted by atomic mass is 19.4. The van der Waals surface area contributed by atoms with Gasteiger partial charge < -0.3 is 9.80 Å². The van der Waals surface area contributed by atoms with Crippen molar-refractivity contribution in [3.05, 3.63) is 35.4 Å². The Bertz CT molecular complexity index is 677. The summed E-state index contributed by atoms with van der Waals surface area (Å²) in [7, 11) is 4.07. The van der Waals surface area contributed by atoms with Crippen LogP contribution in [0, 0.1) is 5.92 Å². The predicted octanol–water partition coefficient (Wildman–Crippen LogP) is 3.47. The molecule has 2 aliphatic heterocycles. The molecule has 2 saturated heterocycles. The van der Waals surface area contributed by atoms with E-state index < -0.39 is 11.7 Å².